The molecule has 1 fully saturated rings. The van der Waals surface area contributed by atoms with Crippen LogP contribution in [-0.4, -0.2) is 68.1 Å². The van der Waals surface area contributed by atoms with Crippen molar-refractivity contribution in [2.45, 2.75) is 219 Å². The van der Waals surface area contributed by atoms with Gasteiger partial charge in [-0.3, -0.25) is 4.79 Å². The average Bonchev–Trinajstić information content (AvgIpc) is 3.17. The number of hydrogen-bond acceptors (Lipinski definition) is 5. The monoisotopic (exact) mass is 771 g/mol. The van der Waals surface area contributed by atoms with Crippen molar-refractivity contribution in [3.8, 4) is 0 Å². The van der Waals surface area contributed by atoms with Crippen molar-refractivity contribution in [1.82, 2.24) is 10.2 Å². The molecule has 7 nitrogen and oxygen atoms in total. The van der Waals surface area contributed by atoms with Gasteiger partial charge in [0.05, 0.1) is 12.7 Å². The zero-order chi connectivity index (χ0) is 39.8. The van der Waals surface area contributed by atoms with Crippen LogP contribution in [0.1, 0.15) is 223 Å². The quantitative estimate of drug-likeness (QED) is 0.0720. The Hall–Kier alpha value is -2.12. The van der Waals surface area contributed by atoms with Crippen LogP contribution in [0.2, 0.25) is 0 Å². The maximum atomic E-state index is 13.6. The third-order valence-electron chi connectivity index (χ3n) is 11.1. The molecule has 0 aliphatic carbocycles. The van der Waals surface area contributed by atoms with Crippen LogP contribution in [0, 0.1) is 0 Å². The summed E-state index contributed by atoms with van der Waals surface area (Å²) in [6.45, 7) is 13.9. The maximum Gasteiger partial charge on any atom is 0.410 e. The number of piperidine rings is 1. The Morgan fingerprint density at radius 2 is 1.13 bits per heavy atom. The molecule has 1 atom stereocenters. The molecule has 55 heavy (non-hydrogen) atoms. The van der Waals surface area contributed by atoms with E-state index in [0.29, 0.717) is 32.8 Å². The lowest BCUT2D eigenvalue weighted by molar-refractivity contribution is -0.0170. The van der Waals surface area contributed by atoms with Crippen molar-refractivity contribution in [3.63, 3.8) is 0 Å². The fourth-order valence-electron chi connectivity index (χ4n) is 7.68. The Labute approximate surface area is 339 Å². The summed E-state index contributed by atoms with van der Waals surface area (Å²) in [5.74, 6) is 0.155. The molecule has 1 saturated heterocycles. The Balaban J connectivity index is 1.76. The van der Waals surface area contributed by atoms with Crippen LogP contribution in [0.4, 0.5) is 4.79 Å². The van der Waals surface area contributed by atoms with Crippen LogP contribution in [-0.2, 0) is 14.2 Å². The molecule has 1 heterocycles. The molecule has 2 amide bonds. The second-order valence-corrected chi connectivity index (χ2v) is 17.4. The second kappa shape index (κ2) is 31.9. The van der Waals surface area contributed by atoms with Crippen LogP contribution in [0.15, 0.2) is 24.3 Å². The van der Waals surface area contributed by atoms with Crippen LogP contribution in [0.25, 0.3) is 0 Å². The third kappa shape index (κ3) is 25.0. The van der Waals surface area contributed by atoms with E-state index in [0.717, 1.165) is 43.4 Å². The van der Waals surface area contributed by atoms with Gasteiger partial charge in [0.1, 0.15) is 5.60 Å². The van der Waals surface area contributed by atoms with Gasteiger partial charge in [0.15, 0.2) is 0 Å². The summed E-state index contributed by atoms with van der Waals surface area (Å²) in [6.07, 6.45) is 33.0. The molecule has 1 aliphatic heterocycles. The summed E-state index contributed by atoms with van der Waals surface area (Å²) in [5, 5.41) is 3.20. The number of carbonyl (C=O) groups excluding carboxylic acids is 2. The SMILES string of the molecule is CCCCCCCCCCCCCCOC[C@H](CNC(=O)c1ccccc1C1CCN(C(=O)OC(C)(C)C)CC1)OCCCCCCCCCCCCCC. The van der Waals surface area contributed by atoms with E-state index in [2.05, 4.69) is 25.2 Å². The number of nitrogens with one attached hydrogen (secondary N) is 1. The van der Waals surface area contributed by atoms with Crippen molar-refractivity contribution in [2.75, 3.05) is 39.5 Å². The van der Waals surface area contributed by atoms with E-state index < -0.39 is 5.60 Å². The highest BCUT2D eigenvalue weighted by molar-refractivity contribution is 5.95. The van der Waals surface area contributed by atoms with Crippen molar-refractivity contribution < 1.29 is 23.8 Å². The zero-order valence-corrected chi connectivity index (χ0v) is 36.6. The predicted octanol–water partition coefficient (Wildman–Crippen LogP) is 13.3. The first-order valence-electron chi connectivity index (χ1n) is 23.3. The molecule has 0 unspecified atom stereocenters. The van der Waals surface area contributed by atoms with E-state index in [1.165, 1.54) is 141 Å². The lowest BCUT2D eigenvalue weighted by Crippen LogP contribution is -2.41. The molecular weight excluding hydrogens is 685 g/mol. The fraction of sp³-hybridized carbons (Fsp3) is 0.833. The number of carbonyl (C=O) groups is 2. The standard InChI is InChI=1S/C48H86N2O5/c1-6-8-10-12-14-16-18-20-22-24-26-30-38-53-41-43(54-39-31-27-25-23-21-19-17-15-13-11-9-7-2)40-49-46(51)45-33-29-28-32-44(45)42-34-36-50(37-35-42)47(52)55-48(3,4)5/h28-29,32-33,42-43H,6-27,30-31,34-41H2,1-5H3,(H,49,51)/t43-/m0/s1. The molecule has 0 radical (unpaired) electrons. The molecule has 0 saturated carbocycles. The van der Waals surface area contributed by atoms with Gasteiger partial charge in [-0.05, 0) is 64.0 Å². The largest absolute Gasteiger partial charge is 0.444 e. The highest BCUT2D eigenvalue weighted by atomic mass is 16.6. The van der Waals surface area contributed by atoms with Gasteiger partial charge in [-0.25, -0.2) is 4.79 Å². The first-order chi connectivity index (χ1) is 26.7. The van der Waals surface area contributed by atoms with Gasteiger partial charge >= 0.3 is 6.09 Å². The molecule has 1 aromatic carbocycles. The molecule has 0 bridgehead atoms. The minimum Gasteiger partial charge on any atom is -0.444 e. The minimum atomic E-state index is -0.510. The normalized spacial score (nSPS) is 14.3. The maximum absolute atomic E-state index is 13.6. The molecule has 2 rings (SSSR count). The predicted molar refractivity (Wildman–Crippen MR) is 231 cm³/mol. The van der Waals surface area contributed by atoms with Crippen LogP contribution < -0.4 is 5.32 Å². The van der Waals surface area contributed by atoms with Crippen molar-refractivity contribution in [3.05, 3.63) is 35.4 Å². The average molecular weight is 771 g/mol. The lowest BCUT2D eigenvalue weighted by Gasteiger charge is -2.34. The lowest BCUT2D eigenvalue weighted by atomic mass is 9.86. The Morgan fingerprint density at radius 1 is 0.673 bits per heavy atom. The number of rotatable bonds is 33. The number of amides is 2. The summed E-state index contributed by atoms with van der Waals surface area (Å²) < 4.78 is 18.1. The highest BCUT2D eigenvalue weighted by Gasteiger charge is 2.29. The molecule has 7 heteroatoms. The zero-order valence-electron chi connectivity index (χ0n) is 36.6. The van der Waals surface area contributed by atoms with Gasteiger partial charge in [0.25, 0.3) is 5.91 Å². The summed E-state index contributed by atoms with van der Waals surface area (Å²) in [4.78, 5) is 28.1. The summed E-state index contributed by atoms with van der Waals surface area (Å²) >= 11 is 0. The van der Waals surface area contributed by atoms with E-state index in [1.807, 2.05) is 39.0 Å². The van der Waals surface area contributed by atoms with Gasteiger partial charge < -0.3 is 24.4 Å². The number of ether oxygens (including phenoxy) is 3. The fourth-order valence-corrected chi connectivity index (χ4v) is 7.68. The smallest absolute Gasteiger partial charge is 0.410 e. The van der Waals surface area contributed by atoms with E-state index in [-0.39, 0.29) is 24.0 Å². The molecular formula is C48H86N2O5. The molecule has 1 aliphatic rings. The van der Waals surface area contributed by atoms with Crippen molar-refractivity contribution in [2.24, 2.45) is 0 Å². The molecule has 0 aromatic heterocycles. The van der Waals surface area contributed by atoms with Gasteiger partial charge in [-0.1, -0.05) is 173 Å². The highest BCUT2D eigenvalue weighted by Crippen LogP contribution is 2.31. The molecule has 0 spiro atoms. The first kappa shape index (κ1) is 49.0. The van der Waals surface area contributed by atoms with Gasteiger partial charge in [0.2, 0.25) is 0 Å². The van der Waals surface area contributed by atoms with E-state index >= 15 is 0 Å². The van der Waals surface area contributed by atoms with Crippen LogP contribution in [0.3, 0.4) is 0 Å². The van der Waals surface area contributed by atoms with Crippen molar-refractivity contribution >= 4 is 12.0 Å². The molecule has 1 aromatic rings. The molecule has 318 valence electrons. The van der Waals surface area contributed by atoms with E-state index in [4.69, 9.17) is 14.2 Å². The van der Waals surface area contributed by atoms with Gasteiger partial charge in [-0.2, -0.15) is 0 Å². The Kier molecular flexibility index (Phi) is 28.4. The number of likely N-dealkylation sites (tertiary alicyclic amines) is 1. The Bertz CT molecular complexity index is 1080. The summed E-state index contributed by atoms with van der Waals surface area (Å²) in [7, 11) is 0. The van der Waals surface area contributed by atoms with Gasteiger partial charge in [0, 0.05) is 38.4 Å². The van der Waals surface area contributed by atoms with E-state index in [1.54, 1.807) is 4.90 Å². The van der Waals surface area contributed by atoms with Crippen LogP contribution >= 0.6 is 0 Å². The van der Waals surface area contributed by atoms with Gasteiger partial charge in [-0.15, -0.1) is 0 Å². The summed E-state index contributed by atoms with van der Waals surface area (Å²) in [6, 6.07) is 7.95. The molecule has 1 N–H and O–H groups in total. The number of unbranched alkanes of at least 4 members (excludes halogenated alkanes) is 22. The van der Waals surface area contributed by atoms with Crippen LogP contribution in [0.5, 0.6) is 0 Å². The second-order valence-electron chi connectivity index (χ2n) is 17.4. The topological polar surface area (TPSA) is 77.1 Å². The minimum absolute atomic E-state index is 0.0647. The Morgan fingerprint density at radius 3 is 1.62 bits per heavy atom. The van der Waals surface area contributed by atoms with E-state index in [9.17, 15) is 9.59 Å². The number of benzene rings is 1. The number of hydrogen-bond donors (Lipinski definition) is 1. The number of nitrogens with zero attached hydrogens (tertiary/aromatic N) is 1. The summed E-state index contributed by atoms with van der Waals surface area (Å²) in [5.41, 5.74) is 1.26. The third-order valence-corrected chi connectivity index (χ3v) is 11.1. The van der Waals surface area contributed by atoms with Crippen molar-refractivity contribution in [1.29, 1.82) is 0 Å². The first-order valence-corrected chi connectivity index (χ1v) is 23.3.